The zero-order valence-electron chi connectivity index (χ0n) is 28.3. The second-order valence-electron chi connectivity index (χ2n) is 13.8. The van der Waals surface area contributed by atoms with Gasteiger partial charge in [-0.05, 0) is 12.8 Å². The fourth-order valence-corrected chi connectivity index (χ4v) is 8.67. The molecule has 0 radical (unpaired) electrons. The average Bonchev–Trinajstić information content (AvgIpc) is 2.91. The molecule has 11 heteroatoms. The molecule has 258 valence electrons. The molecule has 1 saturated heterocycles. The Labute approximate surface area is 266 Å². The van der Waals surface area contributed by atoms with Crippen molar-refractivity contribution in [3.8, 4) is 0 Å². The Hall–Kier alpha value is -0.113. The van der Waals surface area contributed by atoms with Crippen molar-refractivity contribution in [1.82, 2.24) is 0 Å². The topological polar surface area (TPSA) is 113 Å². The molecule has 0 bridgehead atoms. The van der Waals surface area contributed by atoms with Gasteiger partial charge in [-0.3, -0.25) is 4.55 Å². The average molecular weight is 655 g/mol. The lowest BCUT2D eigenvalue weighted by Crippen LogP contribution is -2.59. The van der Waals surface area contributed by atoms with E-state index in [9.17, 15) is 18.3 Å². The van der Waals surface area contributed by atoms with Crippen LogP contribution in [0.2, 0.25) is 6.04 Å². The van der Waals surface area contributed by atoms with Gasteiger partial charge in [0.1, 0.15) is 19.6 Å². The molecule has 43 heavy (non-hydrogen) atoms. The van der Waals surface area contributed by atoms with Crippen LogP contribution in [0.15, 0.2) is 0 Å². The molecule has 0 aromatic rings. The van der Waals surface area contributed by atoms with Crippen LogP contribution in [0.1, 0.15) is 122 Å². The second kappa shape index (κ2) is 23.2. The van der Waals surface area contributed by atoms with Gasteiger partial charge < -0.3 is 27.7 Å². The maximum atomic E-state index is 11.1. The molecule has 0 atom stereocenters. The van der Waals surface area contributed by atoms with Crippen molar-refractivity contribution in [2.75, 3.05) is 78.9 Å². The molecule has 1 aliphatic rings. The first-order chi connectivity index (χ1) is 20.4. The summed E-state index contributed by atoms with van der Waals surface area (Å²) < 4.78 is 44.6. The van der Waals surface area contributed by atoms with E-state index in [2.05, 4.69) is 21.0 Å². The summed E-state index contributed by atoms with van der Waals surface area (Å²) >= 11 is 0. The number of quaternary nitrogens is 2. The van der Waals surface area contributed by atoms with Crippen LogP contribution >= 0.6 is 0 Å². The Morgan fingerprint density at radius 2 is 1.14 bits per heavy atom. The predicted octanol–water partition coefficient (Wildman–Crippen LogP) is 5.78. The summed E-state index contributed by atoms with van der Waals surface area (Å²) in [5.74, 6) is -0.299. The highest BCUT2D eigenvalue weighted by molar-refractivity contribution is 7.85. The van der Waals surface area contributed by atoms with E-state index in [1.165, 1.54) is 103 Å². The van der Waals surface area contributed by atoms with Crippen molar-refractivity contribution < 1.29 is 40.7 Å². The molecule has 0 spiro atoms. The highest BCUT2D eigenvalue weighted by Crippen LogP contribution is 2.20. The van der Waals surface area contributed by atoms with Crippen molar-refractivity contribution in [3.63, 3.8) is 0 Å². The summed E-state index contributed by atoms with van der Waals surface area (Å²) in [7, 11) is -2.74. The fraction of sp³-hybridized carbons (Fsp3) is 1.00. The van der Waals surface area contributed by atoms with E-state index in [0.29, 0.717) is 56.3 Å². The SMILES string of the molecule is CCCCCCCCCCCCCCCCCC[N+](C)(C)CCC[Si]1(O)OCC[N+](CCO)(CCCS(=O)(=O)O)CCO1. The molecule has 0 saturated carbocycles. The third-order valence-corrected chi connectivity index (χ3v) is 12.4. The zero-order valence-corrected chi connectivity index (χ0v) is 30.1. The molecule has 1 rings (SSSR count). The largest absolute Gasteiger partial charge is 0.498 e. The Balaban J connectivity index is 2.14. The minimum atomic E-state index is -4.01. The van der Waals surface area contributed by atoms with Gasteiger partial charge in [0.05, 0.1) is 59.3 Å². The molecule has 0 aromatic heterocycles. The Morgan fingerprint density at radius 3 is 1.58 bits per heavy atom. The molecule has 9 nitrogen and oxygen atoms in total. The van der Waals surface area contributed by atoms with Gasteiger partial charge in [-0.2, -0.15) is 8.42 Å². The van der Waals surface area contributed by atoms with E-state index in [-0.39, 0.29) is 12.4 Å². The van der Waals surface area contributed by atoms with Crippen LogP contribution in [0.25, 0.3) is 0 Å². The van der Waals surface area contributed by atoms with E-state index < -0.39 is 18.9 Å². The van der Waals surface area contributed by atoms with Gasteiger partial charge in [-0.1, -0.05) is 96.8 Å². The molecule has 1 fully saturated rings. The van der Waals surface area contributed by atoms with E-state index in [0.717, 1.165) is 24.0 Å². The van der Waals surface area contributed by atoms with Gasteiger partial charge in [-0.15, -0.1) is 0 Å². The lowest BCUT2D eigenvalue weighted by Gasteiger charge is -2.41. The first-order valence-electron chi connectivity index (χ1n) is 17.7. The summed E-state index contributed by atoms with van der Waals surface area (Å²) in [6.45, 7) is 7.10. The number of unbranched alkanes of at least 4 members (excludes halogenated alkanes) is 15. The standard InChI is InChI=1S/C32H69N2O7SSi/c1-4-5-6-7-8-9-10-11-12-13-14-15-16-17-18-19-22-33(2,3)23-21-32-43(39)40-29-26-34(25-28-35,27-30-41-43)24-20-31-42(36,37)38/h35,39H,4-32H2,1-3H3/q+1/p+1. The van der Waals surface area contributed by atoms with Gasteiger partial charge in [0.25, 0.3) is 10.1 Å². The van der Waals surface area contributed by atoms with Crippen molar-refractivity contribution in [2.45, 2.75) is 129 Å². The van der Waals surface area contributed by atoms with E-state index >= 15 is 0 Å². The molecule has 0 aromatic carbocycles. The minimum Gasteiger partial charge on any atom is -0.391 e. The van der Waals surface area contributed by atoms with Crippen LogP contribution in [0.5, 0.6) is 0 Å². The number of hydrogen-bond acceptors (Lipinski definition) is 6. The summed E-state index contributed by atoms with van der Waals surface area (Å²) in [5, 5.41) is 9.58. The zero-order chi connectivity index (χ0) is 31.9. The van der Waals surface area contributed by atoms with Crippen molar-refractivity contribution in [1.29, 1.82) is 0 Å². The molecule has 3 N–H and O–H groups in total. The van der Waals surface area contributed by atoms with Crippen LogP contribution in [-0.4, -0.2) is 120 Å². The van der Waals surface area contributed by atoms with Gasteiger partial charge in [-0.25, -0.2) is 0 Å². The van der Waals surface area contributed by atoms with E-state index in [4.69, 9.17) is 13.4 Å². The molecule has 0 unspecified atom stereocenters. The predicted molar refractivity (Wildman–Crippen MR) is 179 cm³/mol. The summed E-state index contributed by atoms with van der Waals surface area (Å²) in [6, 6.07) is 0.538. The monoisotopic (exact) mass is 654 g/mol. The summed E-state index contributed by atoms with van der Waals surface area (Å²) in [5.41, 5.74) is 0. The fourth-order valence-electron chi connectivity index (χ4n) is 6.38. The van der Waals surface area contributed by atoms with Crippen molar-refractivity contribution in [3.05, 3.63) is 0 Å². The second-order valence-corrected chi connectivity index (χ2v) is 17.9. The van der Waals surface area contributed by atoms with Gasteiger partial charge >= 0.3 is 8.80 Å². The van der Waals surface area contributed by atoms with Crippen LogP contribution in [0.4, 0.5) is 0 Å². The maximum absolute atomic E-state index is 11.1. The lowest BCUT2D eigenvalue weighted by molar-refractivity contribution is -0.929. The molecule has 0 amide bonds. The van der Waals surface area contributed by atoms with Gasteiger partial charge in [0.15, 0.2) is 0 Å². The first-order valence-corrected chi connectivity index (χ1v) is 21.3. The molecule has 1 aliphatic heterocycles. The van der Waals surface area contributed by atoms with E-state index in [1.807, 2.05) is 0 Å². The van der Waals surface area contributed by atoms with Crippen molar-refractivity contribution >= 4 is 18.9 Å². The third-order valence-electron chi connectivity index (χ3n) is 9.27. The Bertz CT molecular complexity index is 776. The minimum absolute atomic E-state index is 0.0278. The van der Waals surface area contributed by atoms with Crippen LogP contribution in [-0.2, 0) is 19.0 Å². The molecule has 0 aliphatic carbocycles. The van der Waals surface area contributed by atoms with Crippen LogP contribution < -0.4 is 0 Å². The number of nitrogens with zero attached hydrogens (tertiary/aromatic N) is 2. The number of aliphatic hydroxyl groups is 1. The smallest absolute Gasteiger partial charge is 0.391 e. The number of hydrogen-bond donors (Lipinski definition) is 3. The Morgan fingerprint density at radius 1 is 0.698 bits per heavy atom. The van der Waals surface area contributed by atoms with Gasteiger partial charge in [0, 0.05) is 18.9 Å². The highest BCUT2D eigenvalue weighted by atomic mass is 32.2. The van der Waals surface area contributed by atoms with Gasteiger partial charge in [0.2, 0.25) is 0 Å². The van der Waals surface area contributed by atoms with E-state index in [1.54, 1.807) is 0 Å². The Kier molecular flexibility index (Phi) is 22.1. The molecular weight excluding hydrogens is 585 g/mol. The van der Waals surface area contributed by atoms with Crippen LogP contribution in [0.3, 0.4) is 0 Å². The quantitative estimate of drug-likeness (QED) is 0.0446. The third kappa shape index (κ3) is 22.1. The highest BCUT2D eigenvalue weighted by Gasteiger charge is 2.41. The molecule has 1 heterocycles. The summed E-state index contributed by atoms with van der Waals surface area (Å²) in [6.07, 6.45) is 23.3. The molecular formula is C32H70N2O7SSi+2. The summed E-state index contributed by atoms with van der Waals surface area (Å²) in [4.78, 5) is 11.1. The maximum Gasteiger partial charge on any atom is 0.498 e. The number of aliphatic hydroxyl groups excluding tert-OH is 1. The normalized spacial score (nSPS) is 22.0. The first kappa shape index (κ1) is 40.9. The lowest BCUT2D eigenvalue weighted by atomic mass is 10.0. The number of rotatable bonds is 27. The van der Waals surface area contributed by atoms with Crippen LogP contribution in [0, 0.1) is 0 Å². The van der Waals surface area contributed by atoms with Crippen molar-refractivity contribution in [2.24, 2.45) is 0 Å².